The van der Waals surface area contributed by atoms with Gasteiger partial charge in [0.05, 0.1) is 0 Å². The van der Waals surface area contributed by atoms with Crippen molar-refractivity contribution in [1.82, 2.24) is 0 Å². The fourth-order valence-corrected chi connectivity index (χ4v) is 1.27. The fourth-order valence-electron chi connectivity index (χ4n) is 0.712. The van der Waals surface area contributed by atoms with Gasteiger partial charge < -0.3 is 4.52 Å². The van der Waals surface area contributed by atoms with E-state index in [0.29, 0.717) is 0 Å². The molecule has 0 spiro atoms. The predicted octanol–water partition coefficient (Wildman–Crippen LogP) is 3.12. The Labute approximate surface area is 67.0 Å². The monoisotopic (exact) mass is 174 g/mol. The maximum Gasteiger partial charge on any atom is 0.168 e. The zero-order valence-electron chi connectivity index (χ0n) is 5.60. The van der Waals surface area contributed by atoms with E-state index in [1.165, 1.54) is 0 Å². The summed E-state index contributed by atoms with van der Waals surface area (Å²) in [5.41, 5.74) is 1.12. The van der Waals surface area contributed by atoms with Crippen molar-refractivity contribution in [3.05, 3.63) is 29.8 Å². The predicted molar refractivity (Wildman–Crippen MR) is 46.0 cm³/mol. The number of hydrogen-bond acceptors (Lipinski definition) is 1. The molecule has 1 unspecified atom stereocenters. The molecule has 3 heteroatoms. The summed E-state index contributed by atoms with van der Waals surface area (Å²) in [6, 6.07) is 7.80. The molecular formula is C7H8ClOP. The van der Waals surface area contributed by atoms with Crippen LogP contribution in [0.25, 0.3) is 0 Å². The SMILES string of the molecule is Cc1ccccc1OPCl. The highest BCUT2D eigenvalue weighted by Gasteiger charge is 1.94. The number of benzene rings is 1. The average Bonchev–Trinajstić information content (AvgIpc) is 1.94. The lowest BCUT2D eigenvalue weighted by molar-refractivity contribution is 0.636. The minimum Gasteiger partial charge on any atom is -0.461 e. The summed E-state index contributed by atoms with van der Waals surface area (Å²) < 4.78 is 5.13. The summed E-state index contributed by atoms with van der Waals surface area (Å²) in [4.78, 5) is 0. The second-order valence-corrected chi connectivity index (χ2v) is 2.77. The van der Waals surface area contributed by atoms with E-state index < -0.39 is 0 Å². The Kier molecular flexibility index (Phi) is 2.98. The molecule has 0 aliphatic rings. The first-order valence-corrected chi connectivity index (χ1v) is 4.84. The van der Waals surface area contributed by atoms with Crippen molar-refractivity contribution in [2.45, 2.75) is 6.92 Å². The van der Waals surface area contributed by atoms with Crippen LogP contribution in [0, 0.1) is 6.92 Å². The first-order chi connectivity index (χ1) is 4.84. The molecule has 1 nitrogen and oxygen atoms in total. The Morgan fingerprint density at radius 3 is 2.70 bits per heavy atom. The molecule has 0 aliphatic carbocycles. The van der Waals surface area contributed by atoms with Gasteiger partial charge in [-0.15, -0.1) is 0 Å². The third-order valence-corrected chi connectivity index (χ3v) is 1.77. The van der Waals surface area contributed by atoms with Crippen molar-refractivity contribution < 1.29 is 4.52 Å². The lowest BCUT2D eigenvalue weighted by atomic mass is 10.2. The summed E-state index contributed by atoms with van der Waals surface area (Å²) in [6.45, 7) is 1.99. The van der Waals surface area contributed by atoms with Gasteiger partial charge in [-0.2, -0.15) is 0 Å². The van der Waals surface area contributed by atoms with Crippen molar-refractivity contribution in [1.29, 1.82) is 0 Å². The van der Waals surface area contributed by atoms with E-state index in [-0.39, 0.29) is 8.16 Å². The van der Waals surface area contributed by atoms with Gasteiger partial charge in [0.25, 0.3) is 0 Å². The number of halogens is 1. The second kappa shape index (κ2) is 3.80. The highest BCUT2D eigenvalue weighted by atomic mass is 35.7. The molecule has 1 aromatic carbocycles. The maximum absolute atomic E-state index is 5.41. The standard InChI is InChI=1S/C7H8ClOP/c1-6-4-2-3-5-7(6)9-10-8/h2-5,10H,1H3. The number of para-hydroxylation sites is 1. The van der Waals surface area contributed by atoms with Crippen LogP contribution in [0.15, 0.2) is 24.3 Å². The van der Waals surface area contributed by atoms with Crippen LogP contribution in [0.4, 0.5) is 0 Å². The molecule has 0 fully saturated rings. The molecule has 1 rings (SSSR count). The maximum atomic E-state index is 5.41. The largest absolute Gasteiger partial charge is 0.461 e. The van der Waals surface area contributed by atoms with Gasteiger partial charge in [0.1, 0.15) is 5.75 Å². The van der Waals surface area contributed by atoms with E-state index in [2.05, 4.69) is 0 Å². The molecule has 0 saturated heterocycles. The second-order valence-electron chi connectivity index (χ2n) is 1.94. The first kappa shape index (κ1) is 7.84. The summed E-state index contributed by atoms with van der Waals surface area (Å²) in [7, 11) is 0.00383. The van der Waals surface area contributed by atoms with Crippen molar-refractivity contribution in [3.63, 3.8) is 0 Å². The van der Waals surface area contributed by atoms with Crippen LogP contribution >= 0.6 is 19.4 Å². The van der Waals surface area contributed by atoms with Gasteiger partial charge in [-0.3, -0.25) is 0 Å². The molecule has 0 radical (unpaired) electrons. The summed E-state index contributed by atoms with van der Waals surface area (Å²) >= 11 is 5.41. The van der Waals surface area contributed by atoms with Gasteiger partial charge in [-0.05, 0) is 18.6 Å². The molecule has 0 bridgehead atoms. The van der Waals surface area contributed by atoms with E-state index >= 15 is 0 Å². The molecule has 0 aromatic heterocycles. The van der Waals surface area contributed by atoms with Crippen LogP contribution in [0.3, 0.4) is 0 Å². The van der Waals surface area contributed by atoms with Gasteiger partial charge in [-0.1, -0.05) is 29.4 Å². The highest BCUT2D eigenvalue weighted by Crippen LogP contribution is 2.26. The van der Waals surface area contributed by atoms with Crippen LogP contribution in [0.2, 0.25) is 0 Å². The smallest absolute Gasteiger partial charge is 0.168 e. The van der Waals surface area contributed by atoms with E-state index in [4.69, 9.17) is 15.8 Å². The average molecular weight is 175 g/mol. The minimum atomic E-state index is 0.00383. The van der Waals surface area contributed by atoms with E-state index in [1.807, 2.05) is 31.2 Å². The van der Waals surface area contributed by atoms with Gasteiger partial charge in [0, 0.05) is 0 Å². The molecule has 0 N–H and O–H groups in total. The van der Waals surface area contributed by atoms with E-state index in [1.54, 1.807) is 0 Å². The molecule has 0 heterocycles. The molecule has 54 valence electrons. The van der Waals surface area contributed by atoms with Crippen molar-refractivity contribution >= 4 is 19.4 Å². The summed E-state index contributed by atoms with van der Waals surface area (Å²) in [6.07, 6.45) is 0. The normalized spacial score (nSPS) is 10.6. The van der Waals surface area contributed by atoms with Gasteiger partial charge in [0.2, 0.25) is 0 Å². The van der Waals surface area contributed by atoms with Crippen molar-refractivity contribution in [2.75, 3.05) is 0 Å². The molecule has 0 aliphatic heterocycles. The Morgan fingerprint density at radius 1 is 1.40 bits per heavy atom. The van der Waals surface area contributed by atoms with Crippen LogP contribution in [0.5, 0.6) is 5.75 Å². The van der Waals surface area contributed by atoms with Crippen LogP contribution in [0.1, 0.15) is 5.56 Å². The minimum absolute atomic E-state index is 0.00383. The topological polar surface area (TPSA) is 9.23 Å². The zero-order valence-corrected chi connectivity index (χ0v) is 7.35. The zero-order chi connectivity index (χ0) is 7.40. The Bertz CT molecular complexity index is 215. The van der Waals surface area contributed by atoms with E-state index in [0.717, 1.165) is 11.3 Å². The Morgan fingerprint density at radius 2 is 2.10 bits per heavy atom. The lowest BCUT2D eigenvalue weighted by Crippen LogP contribution is -1.78. The first-order valence-electron chi connectivity index (χ1n) is 2.92. The number of rotatable bonds is 2. The highest BCUT2D eigenvalue weighted by molar-refractivity contribution is 7.64. The molecule has 10 heavy (non-hydrogen) atoms. The molecule has 1 aromatic rings. The van der Waals surface area contributed by atoms with Gasteiger partial charge in [-0.25, -0.2) is 0 Å². The third-order valence-electron chi connectivity index (χ3n) is 1.24. The molecule has 0 amide bonds. The fraction of sp³-hybridized carbons (Fsp3) is 0.143. The lowest BCUT2D eigenvalue weighted by Gasteiger charge is -2.02. The molecule has 0 saturated carbocycles. The third kappa shape index (κ3) is 1.86. The van der Waals surface area contributed by atoms with Crippen LogP contribution in [-0.4, -0.2) is 0 Å². The number of hydrogen-bond donors (Lipinski definition) is 0. The van der Waals surface area contributed by atoms with Crippen LogP contribution in [-0.2, 0) is 0 Å². The quantitative estimate of drug-likeness (QED) is 0.626. The van der Waals surface area contributed by atoms with E-state index in [9.17, 15) is 0 Å². The summed E-state index contributed by atoms with van der Waals surface area (Å²) in [5, 5.41) is 0. The molecule has 1 atom stereocenters. The van der Waals surface area contributed by atoms with Gasteiger partial charge >= 0.3 is 0 Å². The number of aryl methyl sites for hydroxylation is 1. The Balaban J connectivity index is 2.81. The molecular weight excluding hydrogens is 167 g/mol. The van der Waals surface area contributed by atoms with Crippen molar-refractivity contribution in [3.8, 4) is 5.75 Å². The Hall–Kier alpha value is -0.260. The van der Waals surface area contributed by atoms with Crippen molar-refractivity contribution in [2.24, 2.45) is 0 Å². The summed E-state index contributed by atoms with van der Waals surface area (Å²) in [5.74, 6) is 0.871. The van der Waals surface area contributed by atoms with Gasteiger partial charge in [0.15, 0.2) is 8.16 Å². The van der Waals surface area contributed by atoms with Crippen LogP contribution < -0.4 is 4.52 Å².